The molecule has 0 saturated carbocycles. The molecule has 0 radical (unpaired) electrons. The second kappa shape index (κ2) is 10.1. The molecule has 0 unspecified atom stereocenters. The largest absolute Gasteiger partial charge is 0.379 e. The van der Waals surface area contributed by atoms with Crippen LogP contribution < -0.4 is 4.90 Å². The number of morpholine rings is 1. The number of aromatic nitrogens is 2. The first-order valence-electron chi connectivity index (χ1n) is 11.9. The molecule has 1 aromatic carbocycles. The number of sulfonamides is 1. The highest BCUT2D eigenvalue weighted by atomic mass is 32.2. The van der Waals surface area contributed by atoms with Gasteiger partial charge in [-0.05, 0) is 44.9 Å². The normalized spacial score (nSPS) is 17.9. The van der Waals surface area contributed by atoms with E-state index in [1.807, 2.05) is 4.90 Å². The number of piperazine rings is 1. The zero-order chi connectivity index (χ0) is 24.5. The predicted molar refractivity (Wildman–Crippen MR) is 131 cm³/mol. The van der Waals surface area contributed by atoms with E-state index in [0.717, 1.165) is 13.1 Å². The molecule has 0 N–H and O–H groups in total. The van der Waals surface area contributed by atoms with Crippen molar-refractivity contribution >= 4 is 21.6 Å². The van der Waals surface area contributed by atoms with Crippen LogP contribution in [0.1, 0.15) is 28.9 Å². The molecule has 2 aliphatic heterocycles. The Morgan fingerprint density at radius 2 is 1.68 bits per heavy atom. The van der Waals surface area contributed by atoms with Gasteiger partial charge in [-0.2, -0.15) is 9.40 Å². The summed E-state index contributed by atoms with van der Waals surface area (Å²) in [6.45, 7) is 12.6. The number of carbonyl (C=O) groups excluding carboxylic acids is 1. The van der Waals surface area contributed by atoms with Crippen molar-refractivity contribution < 1.29 is 17.9 Å². The average Bonchev–Trinajstić information content (AvgIpc) is 3.13. The van der Waals surface area contributed by atoms with Gasteiger partial charge in [0.05, 0.1) is 31.1 Å². The maximum absolute atomic E-state index is 13.2. The van der Waals surface area contributed by atoms with Crippen LogP contribution in [0, 0.1) is 27.7 Å². The smallest absolute Gasteiger partial charge is 0.246 e. The summed E-state index contributed by atoms with van der Waals surface area (Å²) in [5.41, 5.74) is 4.85. The lowest BCUT2D eigenvalue weighted by Gasteiger charge is -2.37. The molecule has 4 rings (SSSR count). The molecule has 1 aromatic heterocycles. The summed E-state index contributed by atoms with van der Waals surface area (Å²) in [5.74, 6) is 0.0748. The van der Waals surface area contributed by atoms with Crippen molar-refractivity contribution in [1.82, 2.24) is 19.0 Å². The van der Waals surface area contributed by atoms with E-state index < -0.39 is 10.0 Å². The molecule has 0 bridgehead atoms. The molecule has 186 valence electrons. The minimum Gasteiger partial charge on any atom is -0.379 e. The zero-order valence-corrected chi connectivity index (χ0v) is 21.4. The quantitative estimate of drug-likeness (QED) is 0.616. The highest BCUT2D eigenvalue weighted by Gasteiger charge is 2.32. The monoisotopic (exact) mass is 489 g/mol. The number of hydrogen-bond donors (Lipinski definition) is 0. The third kappa shape index (κ3) is 4.85. The summed E-state index contributed by atoms with van der Waals surface area (Å²) in [5, 5.41) is 4.46. The standard InChI is InChI=1S/C24H35N5O4S/c1-18-6-5-7-22(19(18)2)26-10-12-27(13-11-26)23(30)8-9-29-21(4)24(20(3)25-29)34(31,32)28-14-16-33-17-15-28/h5-7H,8-17H2,1-4H3. The van der Waals surface area contributed by atoms with E-state index in [0.29, 0.717) is 63.7 Å². The summed E-state index contributed by atoms with van der Waals surface area (Å²) in [6.07, 6.45) is 0.294. The summed E-state index contributed by atoms with van der Waals surface area (Å²) < 4.78 is 34.7. The number of nitrogens with zero attached hydrogens (tertiary/aromatic N) is 5. The van der Waals surface area contributed by atoms with Gasteiger partial charge in [0.15, 0.2) is 0 Å². The van der Waals surface area contributed by atoms with Gasteiger partial charge >= 0.3 is 0 Å². The molecular weight excluding hydrogens is 454 g/mol. The maximum atomic E-state index is 13.2. The molecule has 0 spiro atoms. The SMILES string of the molecule is Cc1cccc(N2CCN(C(=O)CCn3nc(C)c(S(=O)(=O)N4CCOCC4)c3C)CC2)c1C. The Morgan fingerprint density at radius 1 is 1.00 bits per heavy atom. The molecule has 2 aliphatic rings. The fourth-order valence-corrected chi connectivity index (χ4v) is 6.60. The molecule has 3 heterocycles. The molecule has 2 fully saturated rings. The Hall–Kier alpha value is -2.43. The first-order valence-corrected chi connectivity index (χ1v) is 13.3. The summed E-state index contributed by atoms with van der Waals surface area (Å²) in [4.78, 5) is 17.4. The molecule has 34 heavy (non-hydrogen) atoms. The van der Waals surface area contributed by atoms with Gasteiger partial charge in [-0.1, -0.05) is 12.1 Å². The van der Waals surface area contributed by atoms with Gasteiger partial charge < -0.3 is 14.5 Å². The van der Waals surface area contributed by atoms with Crippen LogP contribution in [0.5, 0.6) is 0 Å². The van der Waals surface area contributed by atoms with Crippen molar-refractivity contribution in [1.29, 1.82) is 0 Å². The number of hydrogen-bond acceptors (Lipinski definition) is 6. The predicted octanol–water partition coefficient (Wildman–Crippen LogP) is 1.88. The molecule has 2 saturated heterocycles. The second-order valence-corrected chi connectivity index (χ2v) is 11.0. The highest BCUT2D eigenvalue weighted by Crippen LogP contribution is 2.26. The minimum absolute atomic E-state index is 0.0748. The van der Waals surface area contributed by atoms with Gasteiger partial charge in [0.2, 0.25) is 15.9 Å². The first kappa shape index (κ1) is 24.7. The van der Waals surface area contributed by atoms with Crippen LogP contribution in [-0.2, 0) is 26.1 Å². The summed E-state index contributed by atoms with van der Waals surface area (Å²) in [7, 11) is -3.63. The zero-order valence-electron chi connectivity index (χ0n) is 20.6. The third-order valence-electron chi connectivity index (χ3n) is 6.97. The van der Waals surface area contributed by atoms with Crippen molar-refractivity contribution in [2.45, 2.75) is 45.6 Å². The van der Waals surface area contributed by atoms with Crippen LogP contribution in [0.2, 0.25) is 0 Å². The van der Waals surface area contributed by atoms with Crippen LogP contribution in [-0.4, -0.2) is 85.8 Å². The topological polar surface area (TPSA) is 88.0 Å². The van der Waals surface area contributed by atoms with Crippen LogP contribution in [0.25, 0.3) is 0 Å². The van der Waals surface area contributed by atoms with E-state index in [2.05, 4.69) is 42.0 Å². The molecule has 9 nitrogen and oxygen atoms in total. The van der Waals surface area contributed by atoms with Crippen LogP contribution in [0.4, 0.5) is 5.69 Å². The second-order valence-electron chi connectivity index (χ2n) is 9.08. The van der Waals surface area contributed by atoms with Gasteiger partial charge in [0.1, 0.15) is 4.90 Å². The fraction of sp³-hybridized carbons (Fsp3) is 0.583. The lowest BCUT2D eigenvalue weighted by molar-refractivity contribution is -0.131. The van der Waals surface area contributed by atoms with E-state index in [-0.39, 0.29) is 10.8 Å². The lowest BCUT2D eigenvalue weighted by atomic mass is 10.1. The van der Waals surface area contributed by atoms with Crippen LogP contribution in [0.3, 0.4) is 0 Å². The Bertz CT molecular complexity index is 1150. The molecule has 0 aliphatic carbocycles. The number of benzene rings is 1. The minimum atomic E-state index is -3.63. The van der Waals surface area contributed by atoms with Crippen molar-refractivity contribution in [3.63, 3.8) is 0 Å². The molecule has 2 aromatic rings. The number of ether oxygens (including phenoxy) is 1. The van der Waals surface area contributed by atoms with Crippen molar-refractivity contribution in [3.05, 3.63) is 40.7 Å². The summed E-state index contributed by atoms with van der Waals surface area (Å²) in [6, 6.07) is 6.34. The van der Waals surface area contributed by atoms with Gasteiger partial charge in [-0.3, -0.25) is 9.48 Å². The number of aryl methyl sites for hydroxylation is 3. The molecular formula is C24H35N5O4S. The van der Waals surface area contributed by atoms with E-state index in [9.17, 15) is 13.2 Å². The van der Waals surface area contributed by atoms with Crippen LogP contribution in [0.15, 0.2) is 23.1 Å². The third-order valence-corrected chi connectivity index (χ3v) is 9.12. The van der Waals surface area contributed by atoms with Gasteiger partial charge in [-0.25, -0.2) is 8.42 Å². The molecule has 10 heteroatoms. The van der Waals surface area contributed by atoms with E-state index in [1.54, 1.807) is 18.5 Å². The van der Waals surface area contributed by atoms with Gasteiger partial charge in [0, 0.05) is 51.4 Å². The number of carbonyl (C=O) groups is 1. The van der Waals surface area contributed by atoms with Gasteiger partial charge in [0.25, 0.3) is 0 Å². The lowest BCUT2D eigenvalue weighted by Crippen LogP contribution is -2.49. The van der Waals surface area contributed by atoms with E-state index in [1.165, 1.54) is 21.1 Å². The van der Waals surface area contributed by atoms with Crippen molar-refractivity contribution in [2.24, 2.45) is 0 Å². The van der Waals surface area contributed by atoms with Crippen LogP contribution >= 0.6 is 0 Å². The number of rotatable bonds is 6. The Labute approximate surface area is 202 Å². The Morgan fingerprint density at radius 3 is 2.35 bits per heavy atom. The van der Waals surface area contributed by atoms with Crippen molar-refractivity contribution in [3.8, 4) is 0 Å². The Balaban J connectivity index is 1.37. The highest BCUT2D eigenvalue weighted by molar-refractivity contribution is 7.89. The molecule has 1 amide bonds. The Kier molecular flexibility index (Phi) is 7.30. The van der Waals surface area contributed by atoms with E-state index in [4.69, 9.17) is 4.74 Å². The van der Waals surface area contributed by atoms with Gasteiger partial charge in [-0.15, -0.1) is 0 Å². The average molecular weight is 490 g/mol. The molecule has 0 atom stereocenters. The number of amides is 1. The first-order chi connectivity index (χ1) is 16.2. The number of anilines is 1. The fourth-order valence-electron chi connectivity index (χ4n) is 4.82. The van der Waals surface area contributed by atoms with E-state index >= 15 is 0 Å². The maximum Gasteiger partial charge on any atom is 0.246 e. The summed E-state index contributed by atoms with van der Waals surface area (Å²) >= 11 is 0. The van der Waals surface area contributed by atoms with Crippen molar-refractivity contribution in [2.75, 3.05) is 57.4 Å².